The number of H-pyrrole nitrogens is 1. The minimum absolute atomic E-state index is 0.180. The van der Waals surface area contributed by atoms with Crippen molar-refractivity contribution in [2.45, 2.75) is 35.2 Å². The average Bonchev–Trinajstić information content (AvgIpc) is 2.93. The normalized spacial score (nSPS) is 21.6. The molecule has 1 aliphatic heterocycles. The molecule has 3 N–H and O–H groups in total. The Morgan fingerprint density at radius 1 is 1.36 bits per heavy atom. The topological polar surface area (TPSA) is 75.0 Å². The summed E-state index contributed by atoms with van der Waals surface area (Å²) in [5.41, 5.74) is 6.13. The van der Waals surface area contributed by atoms with Gasteiger partial charge >= 0.3 is 0 Å². The van der Waals surface area contributed by atoms with Gasteiger partial charge in [-0.3, -0.25) is 4.79 Å². The Morgan fingerprint density at radius 2 is 2.16 bits per heavy atom. The number of aromatic amines is 1. The van der Waals surface area contributed by atoms with Crippen LogP contribution in [0, 0.1) is 5.41 Å². The van der Waals surface area contributed by atoms with Gasteiger partial charge < -0.3 is 15.6 Å². The van der Waals surface area contributed by atoms with E-state index in [1.165, 1.54) is 11.8 Å². The van der Waals surface area contributed by atoms with Crippen molar-refractivity contribution in [2.24, 2.45) is 11.1 Å². The zero-order valence-corrected chi connectivity index (χ0v) is 15.8. The Morgan fingerprint density at radius 3 is 2.84 bits per heavy atom. The molecule has 0 unspecified atom stereocenters. The van der Waals surface area contributed by atoms with Crippen molar-refractivity contribution < 1.29 is 0 Å². The van der Waals surface area contributed by atoms with E-state index in [1.54, 1.807) is 12.3 Å². The SMILES string of the molecule is N[C@@H]1CCC2(C1)CN(c1ncc(Sc3cccc(Cl)c3Cl)[nH]c1=O)C2. The number of anilines is 1. The summed E-state index contributed by atoms with van der Waals surface area (Å²) in [4.78, 5) is 22.5. The lowest BCUT2D eigenvalue weighted by molar-refractivity contribution is 0.217. The van der Waals surface area contributed by atoms with Gasteiger partial charge in [0.15, 0.2) is 5.82 Å². The molecule has 1 atom stereocenters. The maximum absolute atomic E-state index is 12.4. The van der Waals surface area contributed by atoms with Gasteiger partial charge in [-0.15, -0.1) is 0 Å². The molecule has 2 aliphatic rings. The first-order valence-electron chi connectivity index (χ1n) is 8.17. The smallest absolute Gasteiger partial charge is 0.291 e. The number of halogens is 2. The number of hydrogen-bond acceptors (Lipinski definition) is 5. The molecular weight excluding hydrogens is 379 g/mol. The second-order valence-electron chi connectivity index (χ2n) is 6.91. The molecular formula is C17H18Cl2N4OS. The molecule has 5 nitrogen and oxygen atoms in total. The van der Waals surface area contributed by atoms with E-state index < -0.39 is 0 Å². The van der Waals surface area contributed by atoms with E-state index in [0.29, 0.717) is 26.9 Å². The third-order valence-corrected chi connectivity index (χ3v) is 6.89. The van der Waals surface area contributed by atoms with Crippen LogP contribution in [0.3, 0.4) is 0 Å². The highest BCUT2D eigenvalue weighted by molar-refractivity contribution is 7.99. The van der Waals surface area contributed by atoms with Crippen LogP contribution in [0.1, 0.15) is 19.3 Å². The van der Waals surface area contributed by atoms with Crippen LogP contribution in [0.15, 0.2) is 39.1 Å². The molecule has 4 rings (SSSR count). The molecule has 1 spiro atoms. The summed E-state index contributed by atoms with van der Waals surface area (Å²) in [5.74, 6) is 0.479. The standard InChI is InChI=1S/C17H18Cl2N4OS/c18-11-2-1-3-12(14(11)19)25-13-7-21-15(16(24)22-13)23-8-17(9-23)5-4-10(20)6-17/h1-3,7,10H,4-6,8-9,20H2,(H,22,24)/t10-/m1/s1. The molecule has 25 heavy (non-hydrogen) atoms. The highest BCUT2D eigenvalue weighted by atomic mass is 35.5. The van der Waals surface area contributed by atoms with E-state index in [1.807, 2.05) is 17.0 Å². The van der Waals surface area contributed by atoms with Crippen LogP contribution in [-0.4, -0.2) is 29.1 Å². The van der Waals surface area contributed by atoms with E-state index in [2.05, 4.69) is 9.97 Å². The third-order valence-electron chi connectivity index (χ3n) is 4.97. The van der Waals surface area contributed by atoms with Crippen LogP contribution in [0.4, 0.5) is 5.82 Å². The monoisotopic (exact) mass is 396 g/mol. The van der Waals surface area contributed by atoms with Crippen LogP contribution >= 0.6 is 35.0 Å². The predicted octanol–water partition coefficient (Wildman–Crippen LogP) is 3.55. The molecule has 0 amide bonds. The molecule has 0 radical (unpaired) electrons. The van der Waals surface area contributed by atoms with Gasteiger partial charge in [0.05, 0.1) is 21.3 Å². The Bertz CT molecular complexity index is 866. The first-order valence-corrected chi connectivity index (χ1v) is 9.75. The summed E-state index contributed by atoms with van der Waals surface area (Å²) < 4.78 is 0. The minimum atomic E-state index is -0.180. The predicted molar refractivity (Wildman–Crippen MR) is 102 cm³/mol. The molecule has 132 valence electrons. The van der Waals surface area contributed by atoms with E-state index in [4.69, 9.17) is 28.9 Å². The second kappa shape index (κ2) is 6.50. The largest absolute Gasteiger partial charge is 0.351 e. The van der Waals surface area contributed by atoms with Crippen molar-refractivity contribution in [3.8, 4) is 0 Å². The van der Waals surface area contributed by atoms with Crippen LogP contribution in [0.25, 0.3) is 0 Å². The number of aromatic nitrogens is 2. The lowest BCUT2D eigenvalue weighted by Crippen LogP contribution is -2.57. The minimum Gasteiger partial charge on any atom is -0.351 e. The maximum atomic E-state index is 12.4. The number of benzene rings is 1. The fraction of sp³-hybridized carbons (Fsp3) is 0.412. The van der Waals surface area contributed by atoms with Gasteiger partial charge in [-0.05, 0) is 31.4 Å². The zero-order valence-electron chi connectivity index (χ0n) is 13.5. The van der Waals surface area contributed by atoms with E-state index >= 15 is 0 Å². The fourth-order valence-electron chi connectivity index (χ4n) is 3.79. The molecule has 8 heteroatoms. The molecule has 1 aromatic heterocycles. The Balaban J connectivity index is 1.49. The number of hydrogen-bond donors (Lipinski definition) is 2. The molecule has 0 bridgehead atoms. The average molecular weight is 397 g/mol. The summed E-state index contributed by atoms with van der Waals surface area (Å²) in [7, 11) is 0. The van der Waals surface area contributed by atoms with Gasteiger partial charge in [0.2, 0.25) is 0 Å². The van der Waals surface area contributed by atoms with Crippen LogP contribution in [0.5, 0.6) is 0 Å². The Labute approximate surface area is 159 Å². The first kappa shape index (κ1) is 17.2. The van der Waals surface area contributed by atoms with Crippen LogP contribution in [0.2, 0.25) is 10.0 Å². The zero-order chi connectivity index (χ0) is 17.6. The van der Waals surface area contributed by atoms with Crippen LogP contribution < -0.4 is 16.2 Å². The van der Waals surface area contributed by atoms with Crippen molar-refractivity contribution in [3.05, 3.63) is 44.8 Å². The fourth-order valence-corrected chi connectivity index (χ4v) is 5.09. The first-order chi connectivity index (χ1) is 12.0. The van der Waals surface area contributed by atoms with Gasteiger partial charge in [0.1, 0.15) is 0 Å². The summed E-state index contributed by atoms with van der Waals surface area (Å²) in [6.07, 6.45) is 4.93. The molecule has 2 aromatic rings. The van der Waals surface area contributed by atoms with E-state index in [9.17, 15) is 4.79 Å². The van der Waals surface area contributed by atoms with Gasteiger partial charge in [0.25, 0.3) is 5.56 Å². The third kappa shape index (κ3) is 3.28. The molecule has 1 aromatic carbocycles. The van der Waals surface area contributed by atoms with E-state index in [0.717, 1.165) is 37.2 Å². The van der Waals surface area contributed by atoms with Gasteiger partial charge in [0, 0.05) is 29.4 Å². The number of rotatable bonds is 3. The van der Waals surface area contributed by atoms with Crippen molar-refractivity contribution in [1.82, 2.24) is 9.97 Å². The van der Waals surface area contributed by atoms with Gasteiger partial charge in [-0.1, -0.05) is 41.0 Å². The van der Waals surface area contributed by atoms with Crippen molar-refractivity contribution >= 4 is 40.8 Å². The summed E-state index contributed by atoms with van der Waals surface area (Å²) in [6.45, 7) is 1.73. The lowest BCUT2D eigenvalue weighted by Gasteiger charge is -2.48. The van der Waals surface area contributed by atoms with Crippen molar-refractivity contribution in [2.75, 3.05) is 18.0 Å². The van der Waals surface area contributed by atoms with Crippen LogP contribution in [-0.2, 0) is 0 Å². The molecule has 1 saturated carbocycles. The Hall–Kier alpha value is -1.21. The summed E-state index contributed by atoms with van der Waals surface area (Å²) >= 11 is 13.6. The van der Waals surface area contributed by atoms with Crippen molar-refractivity contribution in [3.63, 3.8) is 0 Å². The maximum Gasteiger partial charge on any atom is 0.291 e. The molecule has 1 aliphatic carbocycles. The van der Waals surface area contributed by atoms with Crippen molar-refractivity contribution in [1.29, 1.82) is 0 Å². The molecule has 2 heterocycles. The van der Waals surface area contributed by atoms with Gasteiger partial charge in [-0.2, -0.15) is 0 Å². The highest BCUT2D eigenvalue weighted by Gasteiger charge is 2.48. The highest BCUT2D eigenvalue weighted by Crippen LogP contribution is 2.45. The Kier molecular flexibility index (Phi) is 4.48. The lowest BCUT2D eigenvalue weighted by atomic mass is 9.78. The number of nitrogens with zero attached hydrogens (tertiary/aromatic N) is 2. The number of nitrogens with two attached hydrogens (primary N) is 1. The quantitative estimate of drug-likeness (QED) is 0.829. The molecule has 2 fully saturated rings. The van der Waals surface area contributed by atoms with Gasteiger partial charge in [-0.25, -0.2) is 4.98 Å². The summed E-state index contributed by atoms with van der Waals surface area (Å²) in [6, 6.07) is 5.71. The van der Waals surface area contributed by atoms with E-state index in [-0.39, 0.29) is 11.0 Å². The second-order valence-corrected chi connectivity index (χ2v) is 8.78. The molecule has 1 saturated heterocycles. The summed E-state index contributed by atoms with van der Waals surface area (Å²) in [5, 5.41) is 1.59. The number of nitrogens with one attached hydrogen (secondary N) is 1.